The monoisotopic (exact) mass is 408 g/mol. The van der Waals surface area contributed by atoms with Crippen molar-refractivity contribution in [2.45, 2.75) is 26.8 Å². The Kier molecular flexibility index (Phi) is 7.01. The number of nitrogens with one attached hydrogen (secondary N) is 1. The zero-order valence-electron chi connectivity index (χ0n) is 16.4. The second-order valence-electron chi connectivity index (χ2n) is 6.55. The molecule has 0 heterocycles. The van der Waals surface area contributed by atoms with Crippen molar-refractivity contribution in [3.63, 3.8) is 0 Å². The Bertz CT molecular complexity index is 930. The van der Waals surface area contributed by atoms with E-state index in [1.54, 1.807) is 0 Å². The summed E-state index contributed by atoms with van der Waals surface area (Å²) in [6.07, 6.45) is 1.00. The maximum atomic E-state index is 13.1. The average Bonchev–Trinajstić information content (AvgIpc) is 2.62. The fourth-order valence-electron chi connectivity index (χ4n) is 2.76. The first kappa shape index (κ1) is 21.7. The molecule has 28 heavy (non-hydrogen) atoms. The molecule has 0 saturated carbocycles. The molecular weight excluding hydrogens is 383 g/mol. The highest BCUT2D eigenvalue weighted by molar-refractivity contribution is 7.92. The molecule has 2 aromatic carbocycles. The minimum atomic E-state index is -3.74. The van der Waals surface area contributed by atoms with Crippen molar-refractivity contribution in [1.29, 1.82) is 0 Å². The predicted molar refractivity (Wildman–Crippen MR) is 108 cm³/mol. The van der Waals surface area contributed by atoms with Gasteiger partial charge in [0.15, 0.2) is 0 Å². The lowest BCUT2D eigenvalue weighted by molar-refractivity contribution is -0.121. The van der Waals surface area contributed by atoms with Crippen molar-refractivity contribution in [2.24, 2.45) is 0 Å². The van der Waals surface area contributed by atoms with Gasteiger partial charge in [0.1, 0.15) is 24.2 Å². The number of sulfonamides is 1. The number of benzene rings is 2. The van der Waals surface area contributed by atoms with Crippen LogP contribution in [0.3, 0.4) is 0 Å². The van der Waals surface area contributed by atoms with E-state index in [1.165, 1.54) is 19.1 Å². The highest BCUT2D eigenvalue weighted by Gasteiger charge is 2.28. The van der Waals surface area contributed by atoms with E-state index in [-0.39, 0.29) is 18.8 Å². The van der Waals surface area contributed by atoms with Gasteiger partial charge in [-0.25, -0.2) is 12.8 Å². The summed E-state index contributed by atoms with van der Waals surface area (Å²) in [6, 6.07) is 9.68. The number of halogens is 1. The quantitative estimate of drug-likeness (QED) is 0.682. The second kappa shape index (κ2) is 9.05. The van der Waals surface area contributed by atoms with Gasteiger partial charge in [0, 0.05) is 0 Å². The summed E-state index contributed by atoms with van der Waals surface area (Å²) in [6.45, 7) is 5.89. The zero-order valence-corrected chi connectivity index (χ0v) is 17.2. The van der Waals surface area contributed by atoms with E-state index in [1.807, 2.05) is 32.0 Å². The summed E-state index contributed by atoms with van der Waals surface area (Å²) < 4.78 is 44.1. The predicted octanol–water partition coefficient (Wildman–Crippen LogP) is 2.79. The smallest absolute Gasteiger partial charge is 0.243 e. The molecule has 2 aromatic rings. The van der Waals surface area contributed by atoms with Crippen LogP contribution in [0.5, 0.6) is 5.75 Å². The first-order valence-corrected chi connectivity index (χ1v) is 10.7. The molecule has 0 unspecified atom stereocenters. The number of carbonyl (C=O) groups excluding carboxylic acids is 1. The summed E-state index contributed by atoms with van der Waals surface area (Å²) in [4.78, 5) is 12.5. The van der Waals surface area contributed by atoms with E-state index >= 15 is 0 Å². The number of nitrogens with zero attached hydrogens (tertiary/aromatic N) is 1. The van der Waals surface area contributed by atoms with Gasteiger partial charge in [-0.05, 0) is 62.2 Å². The molecule has 1 N–H and O–H groups in total. The maximum absolute atomic E-state index is 13.1. The molecule has 0 saturated heterocycles. The minimum absolute atomic E-state index is 0.220. The molecule has 1 atom stereocenters. The summed E-state index contributed by atoms with van der Waals surface area (Å²) in [7, 11) is -3.74. The number of carbonyl (C=O) groups is 1. The van der Waals surface area contributed by atoms with Crippen molar-refractivity contribution in [1.82, 2.24) is 5.32 Å². The summed E-state index contributed by atoms with van der Waals surface area (Å²) in [5.74, 6) is -0.219. The normalized spacial score (nSPS) is 12.3. The summed E-state index contributed by atoms with van der Waals surface area (Å²) in [5, 5.41) is 2.68. The molecule has 0 aliphatic rings. The SMILES string of the molecule is Cc1cccc(OCCNC(=O)[C@H](C)N(c2ccc(F)cc2)S(C)(=O)=O)c1C. The van der Waals surface area contributed by atoms with E-state index in [4.69, 9.17) is 4.74 Å². The van der Waals surface area contributed by atoms with Gasteiger partial charge in [-0.1, -0.05) is 12.1 Å². The lowest BCUT2D eigenvalue weighted by atomic mass is 10.1. The van der Waals surface area contributed by atoms with Crippen LogP contribution in [0.2, 0.25) is 0 Å². The minimum Gasteiger partial charge on any atom is -0.491 e. The first-order chi connectivity index (χ1) is 13.1. The van der Waals surface area contributed by atoms with E-state index in [9.17, 15) is 17.6 Å². The molecule has 0 radical (unpaired) electrons. The van der Waals surface area contributed by atoms with Crippen molar-refractivity contribution in [3.8, 4) is 5.75 Å². The molecule has 2 rings (SSSR count). The van der Waals surface area contributed by atoms with Crippen LogP contribution in [0.15, 0.2) is 42.5 Å². The standard InChI is InChI=1S/C20H25FN2O4S/c1-14-6-5-7-19(15(14)2)27-13-12-22-20(24)16(3)23(28(4,25)26)18-10-8-17(21)9-11-18/h5-11,16H,12-13H2,1-4H3,(H,22,24)/t16-/m0/s1. The molecule has 0 aliphatic heterocycles. The topological polar surface area (TPSA) is 75.7 Å². The van der Waals surface area contributed by atoms with E-state index in [2.05, 4.69) is 5.32 Å². The molecule has 0 fully saturated rings. The Balaban J connectivity index is 1.99. The Morgan fingerprint density at radius 2 is 1.82 bits per heavy atom. The zero-order chi connectivity index (χ0) is 20.9. The Morgan fingerprint density at radius 3 is 2.43 bits per heavy atom. The molecule has 0 spiro atoms. The lowest BCUT2D eigenvalue weighted by Gasteiger charge is -2.28. The lowest BCUT2D eigenvalue weighted by Crippen LogP contribution is -2.48. The van der Waals surface area contributed by atoms with Crippen LogP contribution in [-0.4, -0.2) is 39.8 Å². The number of aryl methyl sites for hydroxylation is 1. The Labute approximate surface area is 165 Å². The third-order valence-electron chi connectivity index (χ3n) is 4.38. The number of anilines is 1. The van der Waals surface area contributed by atoms with E-state index in [0.29, 0.717) is 0 Å². The Morgan fingerprint density at radius 1 is 1.18 bits per heavy atom. The third-order valence-corrected chi connectivity index (χ3v) is 5.63. The van der Waals surface area contributed by atoms with Crippen LogP contribution < -0.4 is 14.4 Å². The van der Waals surface area contributed by atoms with Gasteiger partial charge in [-0.3, -0.25) is 9.10 Å². The van der Waals surface area contributed by atoms with Gasteiger partial charge in [0.2, 0.25) is 15.9 Å². The number of ether oxygens (including phenoxy) is 1. The van der Waals surface area contributed by atoms with Crippen molar-refractivity contribution < 1.29 is 22.3 Å². The fraction of sp³-hybridized carbons (Fsp3) is 0.350. The second-order valence-corrected chi connectivity index (χ2v) is 8.41. The van der Waals surface area contributed by atoms with Gasteiger partial charge in [0.25, 0.3) is 0 Å². The first-order valence-electron chi connectivity index (χ1n) is 8.83. The fourth-order valence-corrected chi connectivity index (χ4v) is 3.94. The van der Waals surface area contributed by atoms with Gasteiger partial charge >= 0.3 is 0 Å². The summed E-state index contributed by atoms with van der Waals surface area (Å²) >= 11 is 0. The van der Waals surface area contributed by atoms with Crippen molar-refractivity contribution in [3.05, 3.63) is 59.4 Å². The molecule has 1 amide bonds. The van der Waals surface area contributed by atoms with Crippen LogP contribution in [0.4, 0.5) is 10.1 Å². The molecular formula is C20H25FN2O4S. The molecule has 6 nitrogen and oxygen atoms in total. The van der Waals surface area contributed by atoms with Gasteiger partial charge < -0.3 is 10.1 Å². The maximum Gasteiger partial charge on any atom is 0.243 e. The molecule has 152 valence electrons. The summed E-state index contributed by atoms with van der Waals surface area (Å²) in [5.41, 5.74) is 2.36. The molecule has 8 heteroatoms. The van der Waals surface area contributed by atoms with Crippen LogP contribution in [0, 0.1) is 19.7 Å². The van der Waals surface area contributed by atoms with E-state index < -0.39 is 27.8 Å². The number of rotatable bonds is 8. The van der Waals surface area contributed by atoms with Crippen LogP contribution in [-0.2, 0) is 14.8 Å². The van der Waals surface area contributed by atoms with Crippen LogP contribution in [0.1, 0.15) is 18.1 Å². The largest absolute Gasteiger partial charge is 0.491 e. The van der Waals surface area contributed by atoms with Gasteiger partial charge in [-0.15, -0.1) is 0 Å². The van der Waals surface area contributed by atoms with Crippen molar-refractivity contribution in [2.75, 3.05) is 23.7 Å². The van der Waals surface area contributed by atoms with Crippen molar-refractivity contribution >= 4 is 21.6 Å². The van der Waals surface area contributed by atoms with Gasteiger partial charge in [0.05, 0.1) is 18.5 Å². The van der Waals surface area contributed by atoms with E-state index in [0.717, 1.165) is 39.6 Å². The highest BCUT2D eigenvalue weighted by atomic mass is 32.2. The number of hydrogen-bond acceptors (Lipinski definition) is 4. The molecule has 0 aliphatic carbocycles. The number of amides is 1. The van der Waals surface area contributed by atoms with Crippen LogP contribution in [0.25, 0.3) is 0 Å². The van der Waals surface area contributed by atoms with Gasteiger partial charge in [-0.2, -0.15) is 0 Å². The Hall–Kier alpha value is -2.61. The highest BCUT2D eigenvalue weighted by Crippen LogP contribution is 2.22. The average molecular weight is 408 g/mol. The molecule has 0 bridgehead atoms. The third kappa shape index (κ3) is 5.45. The van der Waals surface area contributed by atoms with Crippen LogP contribution >= 0.6 is 0 Å². The number of hydrogen-bond donors (Lipinski definition) is 1. The molecule has 0 aromatic heterocycles.